The molecule has 0 saturated heterocycles. The van der Waals surface area contributed by atoms with Crippen molar-refractivity contribution < 1.29 is 4.74 Å². The summed E-state index contributed by atoms with van der Waals surface area (Å²) in [6.07, 6.45) is 1.48. The molecule has 17 heavy (non-hydrogen) atoms. The van der Waals surface area contributed by atoms with Crippen LogP contribution in [0.2, 0.25) is 0 Å². The maximum absolute atomic E-state index is 8.66. The Kier molecular flexibility index (Phi) is 3.04. The number of fused-ring (bicyclic) bond motifs is 1. The van der Waals surface area contributed by atoms with Crippen LogP contribution in [0.5, 0.6) is 5.75 Å². The van der Waals surface area contributed by atoms with Crippen molar-refractivity contribution in [3.63, 3.8) is 0 Å². The molecule has 0 unspecified atom stereocenters. The molecule has 0 bridgehead atoms. The average Bonchev–Trinajstić information content (AvgIpc) is 2.76. The van der Waals surface area contributed by atoms with Gasteiger partial charge in [-0.15, -0.1) is 11.3 Å². The van der Waals surface area contributed by atoms with Crippen LogP contribution in [-0.2, 0) is 0 Å². The van der Waals surface area contributed by atoms with Gasteiger partial charge in [0.25, 0.3) is 0 Å². The molecule has 2 aromatic rings. The van der Waals surface area contributed by atoms with Crippen LogP contribution in [0, 0.1) is 22.7 Å². The van der Waals surface area contributed by atoms with Crippen LogP contribution in [0.15, 0.2) is 23.8 Å². The molecule has 1 aromatic heterocycles. The lowest BCUT2D eigenvalue weighted by Crippen LogP contribution is -1.80. The van der Waals surface area contributed by atoms with Gasteiger partial charge in [0.05, 0.1) is 17.3 Å². The van der Waals surface area contributed by atoms with E-state index in [9.17, 15) is 0 Å². The Bertz CT molecular complexity index is 657. The first kappa shape index (κ1) is 11.1. The van der Waals surface area contributed by atoms with E-state index in [2.05, 4.69) is 4.98 Å². The predicted octanol–water partition coefficient (Wildman–Crippen LogP) is 2.74. The predicted molar refractivity (Wildman–Crippen MR) is 65.4 cm³/mol. The third-order valence-corrected chi connectivity index (χ3v) is 3.09. The van der Waals surface area contributed by atoms with E-state index in [1.165, 1.54) is 17.4 Å². The minimum Gasteiger partial charge on any atom is -0.497 e. The molecule has 82 valence electrons. The highest BCUT2D eigenvalue weighted by atomic mass is 32.1. The molecule has 4 nitrogen and oxygen atoms in total. The summed E-state index contributed by atoms with van der Waals surface area (Å²) in [6, 6.07) is 9.17. The Hall–Kier alpha value is -2.37. The van der Waals surface area contributed by atoms with Crippen LogP contribution in [-0.4, -0.2) is 12.1 Å². The molecule has 0 aliphatic carbocycles. The molecule has 0 amide bonds. The molecule has 0 radical (unpaired) electrons. The highest BCUT2D eigenvalue weighted by Gasteiger charge is 2.04. The first-order valence-electron chi connectivity index (χ1n) is 4.73. The van der Waals surface area contributed by atoms with E-state index in [4.69, 9.17) is 15.3 Å². The summed E-state index contributed by atoms with van der Waals surface area (Å²) in [5.74, 6) is 0.762. The highest BCUT2D eigenvalue weighted by Crippen LogP contribution is 2.27. The number of rotatable bonds is 2. The van der Waals surface area contributed by atoms with E-state index in [1.807, 2.05) is 30.3 Å². The summed E-state index contributed by atoms with van der Waals surface area (Å²) in [5, 5.41) is 18.0. The third-order valence-electron chi connectivity index (χ3n) is 2.12. The topological polar surface area (TPSA) is 69.7 Å². The molecule has 0 fully saturated rings. The van der Waals surface area contributed by atoms with Gasteiger partial charge in [-0.05, 0) is 18.2 Å². The highest BCUT2D eigenvalue weighted by molar-refractivity contribution is 7.19. The Morgan fingerprint density at radius 1 is 1.41 bits per heavy atom. The Morgan fingerprint density at radius 2 is 2.18 bits per heavy atom. The van der Waals surface area contributed by atoms with Crippen molar-refractivity contribution in [2.75, 3.05) is 7.11 Å². The van der Waals surface area contributed by atoms with Gasteiger partial charge in [0.2, 0.25) is 0 Å². The van der Waals surface area contributed by atoms with Crippen molar-refractivity contribution in [2.24, 2.45) is 0 Å². The second-order valence-corrected chi connectivity index (χ2v) is 4.23. The average molecular weight is 241 g/mol. The van der Waals surface area contributed by atoms with E-state index in [1.54, 1.807) is 7.11 Å². The number of aromatic nitrogens is 1. The second-order valence-electron chi connectivity index (χ2n) is 3.17. The summed E-state index contributed by atoms with van der Waals surface area (Å²) in [7, 11) is 1.60. The van der Waals surface area contributed by atoms with Crippen LogP contribution >= 0.6 is 11.3 Å². The van der Waals surface area contributed by atoms with Crippen molar-refractivity contribution in [2.45, 2.75) is 0 Å². The van der Waals surface area contributed by atoms with Gasteiger partial charge in [0, 0.05) is 6.08 Å². The zero-order chi connectivity index (χ0) is 12.3. The van der Waals surface area contributed by atoms with Gasteiger partial charge in [-0.25, -0.2) is 4.98 Å². The zero-order valence-corrected chi connectivity index (χ0v) is 9.78. The maximum Gasteiger partial charge on any atom is 0.132 e. The number of nitriles is 2. The normalized spacial score (nSPS) is 9.35. The molecule has 1 heterocycles. The van der Waals surface area contributed by atoms with E-state index in [0.717, 1.165) is 16.0 Å². The molecule has 0 atom stereocenters. The summed E-state index contributed by atoms with van der Waals surface area (Å²) >= 11 is 1.42. The monoisotopic (exact) mass is 241 g/mol. The molecular formula is C12H7N3OS. The molecule has 0 saturated carbocycles. The number of methoxy groups -OCH3 is 1. The van der Waals surface area contributed by atoms with Gasteiger partial charge < -0.3 is 4.74 Å². The smallest absolute Gasteiger partial charge is 0.132 e. The van der Waals surface area contributed by atoms with Crippen LogP contribution in [0.1, 0.15) is 5.01 Å². The molecule has 0 aliphatic rings. The number of ether oxygens (including phenoxy) is 1. The van der Waals surface area contributed by atoms with Gasteiger partial charge in [-0.2, -0.15) is 10.5 Å². The molecule has 5 heteroatoms. The number of hydrogen-bond acceptors (Lipinski definition) is 5. The zero-order valence-electron chi connectivity index (χ0n) is 8.97. The summed E-state index contributed by atoms with van der Waals surface area (Å²) in [6.45, 7) is 0. The van der Waals surface area contributed by atoms with Gasteiger partial charge in [0.15, 0.2) is 0 Å². The molecule has 1 aromatic carbocycles. The number of hydrogen-bond donors (Lipinski definition) is 0. The first-order valence-corrected chi connectivity index (χ1v) is 5.55. The quantitative estimate of drug-likeness (QED) is 0.758. The first-order chi connectivity index (χ1) is 8.26. The SMILES string of the molecule is COc1ccc2nc(C=C(C#N)C#N)sc2c1. The van der Waals surface area contributed by atoms with E-state index < -0.39 is 0 Å². The third kappa shape index (κ3) is 2.25. The molecule has 0 N–H and O–H groups in total. The number of allylic oxidation sites excluding steroid dienone is 1. The van der Waals surface area contributed by atoms with E-state index in [-0.39, 0.29) is 5.57 Å². The largest absolute Gasteiger partial charge is 0.497 e. The van der Waals surface area contributed by atoms with E-state index in [0.29, 0.717) is 5.01 Å². The Morgan fingerprint density at radius 3 is 2.82 bits per heavy atom. The summed E-state index contributed by atoms with van der Waals surface area (Å²) < 4.78 is 6.08. The number of thiazole rings is 1. The standard InChI is InChI=1S/C12H7N3OS/c1-16-9-2-3-10-11(5-9)17-12(15-10)4-8(6-13)7-14/h2-5H,1H3. The van der Waals surface area contributed by atoms with Crippen molar-refractivity contribution in [3.05, 3.63) is 28.8 Å². The van der Waals surface area contributed by atoms with Crippen molar-refractivity contribution in [3.8, 4) is 17.9 Å². The second kappa shape index (κ2) is 4.65. The van der Waals surface area contributed by atoms with Crippen molar-refractivity contribution >= 4 is 27.6 Å². The lowest BCUT2D eigenvalue weighted by atomic mass is 10.3. The van der Waals surface area contributed by atoms with Crippen molar-refractivity contribution in [1.29, 1.82) is 10.5 Å². The molecular weight excluding hydrogens is 234 g/mol. The van der Waals surface area contributed by atoms with Gasteiger partial charge in [0.1, 0.15) is 28.5 Å². The van der Waals surface area contributed by atoms with Crippen LogP contribution in [0.3, 0.4) is 0 Å². The van der Waals surface area contributed by atoms with E-state index >= 15 is 0 Å². The minimum atomic E-state index is 0.0519. The van der Waals surface area contributed by atoms with Gasteiger partial charge in [-0.3, -0.25) is 0 Å². The fourth-order valence-electron chi connectivity index (χ4n) is 1.32. The molecule has 0 aliphatic heterocycles. The maximum atomic E-state index is 8.66. The summed E-state index contributed by atoms with van der Waals surface area (Å²) in [4.78, 5) is 4.31. The number of nitrogens with zero attached hydrogens (tertiary/aromatic N) is 3. The lowest BCUT2D eigenvalue weighted by Gasteiger charge is -1.96. The van der Waals surface area contributed by atoms with Crippen LogP contribution in [0.25, 0.3) is 16.3 Å². The van der Waals surface area contributed by atoms with Gasteiger partial charge in [-0.1, -0.05) is 0 Å². The van der Waals surface area contributed by atoms with Crippen LogP contribution < -0.4 is 4.74 Å². The molecule has 2 rings (SSSR count). The minimum absolute atomic E-state index is 0.0519. The van der Waals surface area contributed by atoms with Gasteiger partial charge >= 0.3 is 0 Å². The fraction of sp³-hybridized carbons (Fsp3) is 0.0833. The van der Waals surface area contributed by atoms with Crippen LogP contribution in [0.4, 0.5) is 0 Å². The number of benzene rings is 1. The Balaban J connectivity index is 2.50. The summed E-state index contributed by atoms with van der Waals surface area (Å²) in [5.41, 5.74) is 0.883. The molecule has 0 spiro atoms. The lowest BCUT2D eigenvalue weighted by molar-refractivity contribution is 0.415. The Labute approximate surface area is 102 Å². The fourth-order valence-corrected chi connectivity index (χ4v) is 2.26. The van der Waals surface area contributed by atoms with Crippen molar-refractivity contribution in [1.82, 2.24) is 4.98 Å².